The van der Waals surface area contributed by atoms with Gasteiger partial charge in [0.15, 0.2) is 0 Å². The van der Waals surface area contributed by atoms with Crippen molar-refractivity contribution in [2.45, 2.75) is 6.92 Å². The molecule has 0 aliphatic rings. The number of nitrogens with zero attached hydrogens (tertiary/aromatic N) is 1. The molecule has 0 amide bonds. The number of aryl methyl sites for hydroxylation is 1. The lowest BCUT2D eigenvalue weighted by Crippen LogP contribution is -1.76. The topological polar surface area (TPSA) is 12.4 Å². The number of hydrogen-bond donors (Lipinski definition) is 0. The van der Waals surface area contributed by atoms with Crippen molar-refractivity contribution >= 4 is 50.6 Å². The Morgan fingerprint density at radius 3 is 2.83 bits per heavy atom. The molecule has 0 aliphatic heterocycles. The summed E-state index contributed by atoms with van der Waals surface area (Å²) in [5, 5.41) is 2.94. The molecule has 0 heterocycles. The Kier molecular flexibility index (Phi) is 3.41. The number of aliphatic imine (C=N–C) groups is 1. The number of benzene rings is 1. The van der Waals surface area contributed by atoms with Crippen LogP contribution in [0.1, 0.15) is 5.56 Å². The second-order valence-corrected chi connectivity index (χ2v) is 3.70. The van der Waals surface area contributed by atoms with E-state index in [0.717, 1.165) is 15.7 Å². The smallest absolute Gasteiger partial charge is 0.0784 e. The third-order valence-corrected chi connectivity index (χ3v) is 2.69. The zero-order chi connectivity index (χ0) is 9.14. The van der Waals surface area contributed by atoms with Gasteiger partial charge in [0.05, 0.1) is 15.9 Å². The molecule has 0 unspecified atom stereocenters. The van der Waals surface area contributed by atoms with Gasteiger partial charge < -0.3 is 0 Å². The Morgan fingerprint density at radius 2 is 2.25 bits per heavy atom. The highest BCUT2D eigenvalue weighted by molar-refractivity contribution is 9.10. The highest BCUT2D eigenvalue weighted by Gasteiger charge is 2.01. The molecule has 0 spiro atoms. The molecule has 0 atom stereocenters. The molecule has 0 aliphatic carbocycles. The van der Waals surface area contributed by atoms with Gasteiger partial charge in [-0.1, -0.05) is 11.6 Å². The largest absolute Gasteiger partial charge is 0.194 e. The van der Waals surface area contributed by atoms with Gasteiger partial charge in [-0.3, -0.25) is 0 Å². The van der Waals surface area contributed by atoms with Crippen molar-refractivity contribution in [3.05, 3.63) is 27.2 Å². The van der Waals surface area contributed by atoms with Crippen molar-refractivity contribution in [2.75, 3.05) is 0 Å². The van der Waals surface area contributed by atoms with Gasteiger partial charge in [0, 0.05) is 4.47 Å². The van der Waals surface area contributed by atoms with E-state index in [2.05, 4.69) is 38.3 Å². The van der Waals surface area contributed by atoms with Gasteiger partial charge in [0.2, 0.25) is 0 Å². The summed E-state index contributed by atoms with van der Waals surface area (Å²) < 4.78 is 0.866. The molecule has 0 fully saturated rings. The summed E-state index contributed by atoms with van der Waals surface area (Å²) in [5.74, 6) is 0. The van der Waals surface area contributed by atoms with E-state index in [1.165, 1.54) is 0 Å². The number of thiocarbonyl (C=S) groups is 1. The normalized spacial score (nSPS) is 9.25. The van der Waals surface area contributed by atoms with Crippen LogP contribution in [0.2, 0.25) is 5.02 Å². The fourth-order valence-electron chi connectivity index (χ4n) is 0.805. The monoisotopic (exact) mass is 261 g/mol. The first-order valence-corrected chi connectivity index (χ1v) is 4.76. The van der Waals surface area contributed by atoms with Crippen LogP contribution < -0.4 is 0 Å². The molecular formula is C8H5BrClNS. The Labute approximate surface area is 89.6 Å². The first kappa shape index (κ1) is 9.87. The second-order valence-electron chi connectivity index (χ2n) is 2.26. The van der Waals surface area contributed by atoms with Crippen LogP contribution in [0.5, 0.6) is 0 Å². The van der Waals surface area contributed by atoms with Crippen LogP contribution in [0, 0.1) is 6.92 Å². The molecule has 0 aromatic heterocycles. The molecule has 0 N–H and O–H groups in total. The van der Waals surface area contributed by atoms with Gasteiger partial charge in [-0.25, -0.2) is 0 Å². The summed E-state index contributed by atoms with van der Waals surface area (Å²) in [7, 11) is 0. The molecule has 1 aromatic rings. The van der Waals surface area contributed by atoms with E-state index in [1.807, 2.05) is 13.0 Å². The summed E-state index contributed by atoms with van der Waals surface area (Å²) in [5.41, 5.74) is 1.78. The minimum absolute atomic E-state index is 0.629. The fourth-order valence-corrected chi connectivity index (χ4v) is 1.52. The molecule has 1 nitrogen and oxygen atoms in total. The lowest BCUT2D eigenvalue weighted by atomic mass is 10.2. The van der Waals surface area contributed by atoms with E-state index in [9.17, 15) is 0 Å². The highest BCUT2D eigenvalue weighted by atomic mass is 79.9. The molecule has 12 heavy (non-hydrogen) atoms. The van der Waals surface area contributed by atoms with Crippen LogP contribution in [0.3, 0.4) is 0 Å². The van der Waals surface area contributed by atoms with Crippen LogP contribution in [0.15, 0.2) is 21.6 Å². The lowest BCUT2D eigenvalue weighted by Gasteiger charge is -2.00. The molecule has 62 valence electrons. The minimum Gasteiger partial charge on any atom is -0.194 e. The Morgan fingerprint density at radius 1 is 1.58 bits per heavy atom. The third-order valence-electron chi connectivity index (χ3n) is 1.40. The van der Waals surface area contributed by atoms with Gasteiger partial charge >= 0.3 is 0 Å². The van der Waals surface area contributed by atoms with E-state index >= 15 is 0 Å². The van der Waals surface area contributed by atoms with Crippen molar-refractivity contribution in [3.63, 3.8) is 0 Å². The van der Waals surface area contributed by atoms with Gasteiger partial charge in [0.1, 0.15) is 0 Å². The van der Waals surface area contributed by atoms with Crippen LogP contribution in [0.4, 0.5) is 5.69 Å². The Bertz CT molecular complexity index is 358. The zero-order valence-electron chi connectivity index (χ0n) is 6.27. The minimum atomic E-state index is 0.629. The predicted octanol–water partition coefficient (Wildman–Crippen LogP) is 4.15. The summed E-state index contributed by atoms with van der Waals surface area (Å²) in [6.45, 7) is 1.94. The number of isothiocyanates is 1. The highest BCUT2D eigenvalue weighted by Crippen LogP contribution is 2.30. The molecule has 0 bridgehead atoms. The number of halogens is 2. The van der Waals surface area contributed by atoms with Crippen LogP contribution >= 0.6 is 39.7 Å². The SMILES string of the molecule is Cc1cc(Br)c(Cl)cc1N=C=S. The van der Waals surface area contributed by atoms with E-state index in [1.54, 1.807) is 6.07 Å². The quantitative estimate of drug-likeness (QED) is 0.547. The molecule has 4 heteroatoms. The van der Waals surface area contributed by atoms with E-state index in [4.69, 9.17) is 11.6 Å². The van der Waals surface area contributed by atoms with Crippen molar-refractivity contribution in [1.82, 2.24) is 0 Å². The Balaban J connectivity index is 3.32. The van der Waals surface area contributed by atoms with Crippen LogP contribution in [0.25, 0.3) is 0 Å². The molecule has 0 radical (unpaired) electrons. The molecular weight excluding hydrogens is 258 g/mol. The summed E-state index contributed by atoms with van der Waals surface area (Å²) >= 11 is 13.7. The first-order valence-electron chi connectivity index (χ1n) is 3.18. The van der Waals surface area contributed by atoms with Crippen molar-refractivity contribution in [1.29, 1.82) is 0 Å². The van der Waals surface area contributed by atoms with Crippen LogP contribution in [-0.2, 0) is 0 Å². The average molecular weight is 263 g/mol. The second kappa shape index (κ2) is 4.15. The molecule has 0 saturated carbocycles. The van der Waals surface area contributed by atoms with E-state index in [-0.39, 0.29) is 0 Å². The summed E-state index contributed by atoms with van der Waals surface area (Å²) in [6.07, 6.45) is 0. The molecule has 1 aromatic carbocycles. The van der Waals surface area contributed by atoms with Gasteiger partial charge in [0.25, 0.3) is 0 Å². The van der Waals surface area contributed by atoms with Gasteiger partial charge in [-0.15, -0.1) is 0 Å². The number of rotatable bonds is 1. The van der Waals surface area contributed by atoms with Gasteiger partial charge in [-0.05, 0) is 52.8 Å². The summed E-state index contributed by atoms with van der Waals surface area (Å²) in [6, 6.07) is 3.65. The molecule has 0 saturated heterocycles. The lowest BCUT2D eigenvalue weighted by molar-refractivity contribution is 1.40. The van der Waals surface area contributed by atoms with Gasteiger partial charge in [-0.2, -0.15) is 4.99 Å². The first-order chi connectivity index (χ1) is 5.65. The third kappa shape index (κ3) is 2.14. The van der Waals surface area contributed by atoms with E-state index in [0.29, 0.717) is 5.02 Å². The number of hydrogen-bond acceptors (Lipinski definition) is 2. The van der Waals surface area contributed by atoms with E-state index < -0.39 is 0 Å². The average Bonchev–Trinajstić information content (AvgIpc) is 2.01. The zero-order valence-corrected chi connectivity index (χ0v) is 9.42. The maximum absolute atomic E-state index is 5.85. The standard InChI is InChI=1S/C8H5BrClNS/c1-5-2-6(9)7(10)3-8(5)11-4-12/h2-3H,1H3. The van der Waals surface area contributed by atoms with Crippen molar-refractivity contribution in [3.8, 4) is 0 Å². The fraction of sp³-hybridized carbons (Fsp3) is 0.125. The van der Waals surface area contributed by atoms with Crippen molar-refractivity contribution < 1.29 is 0 Å². The summed E-state index contributed by atoms with van der Waals surface area (Å²) in [4.78, 5) is 3.87. The maximum Gasteiger partial charge on any atom is 0.0784 e. The maximum atomic E-state index is 5.85. The van der Waals surface area contributed by atoms with Crippen molar-refractivity contribution in [2.24, 2.45) is 4.99 Å². The predicted molar refractivity (Wildman–Crippen MR) is 58.6 cm³/mol. The Hall–Kier alpha value is -0.210. The van der Waals surface area contributed by atoms with Crippen LogP contribution in [-0.4, -0.2) is 5.16 Å². The molecule has 1 rings (SSSR count).